The topological polar surface area (TPSA) is 63.0 Å². The predicted molar refractivity (Wildman–Crippen MR) is 71.7 cm³/mol. The molecule has 1 aliphatic rings. The number of carbonyl (C=O) groups excluding carboxylic acids is 1. The fourth-order valence-electron chi connectivity index (χ4n) is 2.47. The minimum Gasteiger partial charge on any atom is -0.544 e. The van der Waals surface area contributed by atoms with Gasteiger partial charge in [0.15, 0.2) is 11.5 Å². The molecule has 1 aliphatic heterocycles. The van der Waals surface area contributed by atoms with Crippen molar-refractivity contribution in [1.29, 1.82) is 0 Å². The average molecular weight is 279 g/mol. The minimum atomic E-state index is -1.02. The lowest BCUT2D eigenvalue weighted by atomic mass is 10.1. The number of carboxylic acid groups (broad SMARTS) is 1. The van der Waals surface area contributed by atoms with Gasteiger partial charge in [0.2, 0.25) is 0 Å². The van der Waals surface area contributed by atoms with Crippen molar-refractivity contribution in [3.05, 3.63) is 23.8 Å². The van der Waals surface area contributed by atoms with Crippen molar-refractivity contribution in [3.63, 3.8) is 0 Å². The number of aliphatic carboxylic acids is 1. The number of rotatable bonds is 6. The quantitative estimate of drug-likeness (QED) is 0.744. The van der Waals surface area contributed by atoms with Crippen LogP contribution in [0.2, 0.25) is 0 Å². The first kappa shape index (κ1) is 14.7. The van der Waals surface area contributed by atoms with E-state index in [1.54, 1.807) is 0 Å². The lowest BCUT2D eigenvalue weighted by Gasteiger charge is -2.23. The normalized spacial score (nSPS) is 15.2. The van der Waals surface area contributed by atoms with Gasteiger partial charge in [0, 0.05) is 11.5 Å². The second-order valence-corrected chi connectivity index (χ2v) is 5.55. The lowest BCUT2D eigenvalue weighted by molar-refractivity contribution is -0.911. The zero-order chi connectivity index (χ0) is 14.5. The van der Waals surface area contributed by atoms with Crippen molar-refractivity contribution in [2.45, 2.75) is 20.4 Å². The number of carbonyl (C=O) groups is 1. The van der Waals surface area contributed by atoms with E-state index in [0.29, 0.717) is 25.7 Å². The van der Waals surface area contributed by atoms with Gasteiger partial charge >= 0.3 is 0 Å². The second kappa shape index (κ2) is 6.61. The Morgan fingerprint density at radius 2 is 2.00 bits per heavy atom. The first-order chi connectivity index (χ1) is 9.54. The minimum absolute atomic E-state index is 0.0205. The maximum absolute atomic E-state index is 10.8. The van der Waals surface area contributed by atoms with Crippen molar-refractivity contribution in [1.82, 2.24) is 0 Å². The number of carboxylic acids is 1. The van der Waals surface area contributed by atoms with Gasteiger partial charge in [0.05, 0.1) is 12.5 Å². The Labute approximate surface area is 119 Å². The second-order valence-electron chi connectivity index (χ2n) is 5.55. The summed E-state index contributed by atoms with van der Waals surface area (Å²) in [5.74, 6) is 0.913. The molecule has 5 nitrogen and oxygen atoms in total. The van der Waals surface area contributed by atoms with Crippen molar-refractivity contribution in [3.8, 4) is 11.5 Å². The number of nitrogens with one attached hydrogen (secondary N) is 1. The van der Waals surface area contributed by atoms with Gasteiger partial charge in [-0.2, -0.15) is 0 Å². The van der Waals surface area contributed by atoms with Gasteiger partial charge < -0.3 is 24.3 Å². The van der Waals surface area contributed by atoms with Crippen LogP contribution in [0.15, 0.2) is 18.2 Å². The summed E-state index contributed by atoms with van der Waals surface area (Å²) in [6.07, 6.45) is 0. The predicted octanol–water partition coefficient (Wildman–Crippen LogP) is -0.751. The molecule has 5 heteroatoms. The van der Waals surface area contributed by atoms with Crippen LogP contribution in [0.5, 0.6) is 11.5 Å². The van der Waals surface area contributed by atoms with Gasteiger partial charge in [-0.05, 0) is 18.2 Å². The van der Waals surface area contributed by atoms with E-state index in [9.17, 15) is 9.90 Å². The van der Waals surface area contributed by atoms with Crippen LogP contribution in [0.4, 0.5) is 0 Å². The molecular weight excluding hydrogens is 258 g/mol. The molecule has 110 valence electrons. The molecule has 1 atom stereocenters. The maximum Gasteiger partial charge on any atom is 0.161 e. The monoisotopic (exact) mass is 279 g/mol. The standard InChI is InChI=1S/C15H21NO4/c1-11(2)8-16(10-15(17)18)9-12-3-4-13-14(7-12)20-6-5-19-13/h3-4,7,11H,5-6,8-10H2,1-2H3,(H,17,18). The molecule has 0 aromatic heterocycles. The molecule has 0 amide bonds. The largest absolute Gasteiger partial charge is 0.544 e. The molecule has 0 radical (unpaired) electrons. The van der Waals surface area contributed by atoms with E-state index in [0.717, 1.165) is 28.5 Å². The number of fused-ring (bicyclic) bond motifs is 1. The highest BCUT2D eigenvalue weighted by Crippen LogP contribution is 2.30. The molecular formula is C15H21NO4. The first-order valence-electron chi connectivity index (χ1n) is 6.96. The molecule has 20 heavy (non-hydrogen) atoms. The molecule has 1 heterocycles. The average Bonchev–Trinajstić information content (AvgIpc) is 2.37. The molecule has 1 aromatic rings. The van der Waals surface area contributed by atoms with Gasteiger partial charge in [-0.25, -0.2) is 0 Å². The molecule has 2 rings (SSSR count). The van der Waals surface area contributed by atoms with Gasteiger partial charge in [0.25, 0.3) is 0 Å². The fourth-order valence-corrected chi connectivity index (χ4v) is 2.47. The summed E-state index contributed by atoms with van der Waals surface area (Å²) in [6, 6.07) is 5.78. The summed E-state index contributed by atoms with van der Waals surface area (Å²) in [5.41, 5.74) is 1.05. The summed E-state index contributed by atoms with van der Waals surface area (Å²) in [6.45, 7) is 6.75. The van der Waals surface area contributed by atoms with Crippen LogP contribution in [-0.4, -0.2) is 32.3 Å². The SMILES string of the molecule is CC(C)C[NH+](CC(=O)[O-])Cc1ccc2c(c1)OCCO2. The summed E-state index contributed by atoms with van der Waals surface area (Å²) in [5, 5.41) is 10.8. The zero-order valence-corrected chi connectivity index (χ0v) is 12.0. The number of benzene rings is 1. The zero-order valence-electron chi connectivity index (χ0n) is 12.0. The molecule has 0 saturated carbocycles. The fraction of sp³-hybridized carbons (Fsp3) is 0.533. The Balaban J connectivity index is 2.07. The highest BCUT2D eigenvalue weighted by Gasteiger charge is 2.16. The summed E-state index contributed by atoms with van der Waals surface area (Å²) < 4.78 is 11.0. The van der Waals surface area contributed by atoms with Crippen LogP contribution < -0.4 is 19.5 Å². The van der Waals surface area contributed by atoms with E-state index in [1.807, 2.05) is 18.2 Å². The first-order valence-corrected chi connectivity index (χ1v) is 6.96. The van der Waals surface area contributed by atoms with E-state index >= 15 is 0 Å². The molecule has 0 aliphatic carbocycles. The van der Waals surface area contributed by atoms with Crippen LogP contribution in [0.3, 0.4) is 0 Å². The highest BCUT2D eigenvalue weighted by molar-refractivity contribution is 5.65. The summed E-state index contributed by atoms with van der Waals surface area (Å²) in [7, 11) is 0. The third-order valence-electron chi connectivity index (χ3n) is 3.15. The van der Waals surface area contributed by atoms with E-state index in [2.05, 4.69) is 13.8 Å². The Morgan fingerprint density at radius 1 is 1.30 bits per heavy atom. The van der Waals surface area contributed by atoms with Crippen molar-refractivity contribution in [2.24, 2.45) is 5.92 Å². The van der Waals surface area contributed by atoms with Crippen LogP contribution in [0.1, 0.15) is 19.4 Å². The van der Waals surface area contributed by atoms with Gasteiger partial charge in [-0.1, -0.05) is 13.8 Å². The molecule has 1 N–H and O–H groups in total. The molecule has 0 bridgehead atoms. The molecule has 0 spiro atoms. The van der Waals surface area contributed by atoms with E-state index < -0.39 is 5.97 Å². The van der Waals surface area contributed by atoms with Gasteiger partial charge in [0.1, 0.15) is 26.3 Å². The molecule has 0 saturated heterocycles. The van der Waals surface area contributed by atoms with Crippen LogP contribution in [0.25, 0.3) is 0 Å². The molecule has 1 unspecified atom stereocenters. The Bertz CT molecular complexity index is 473. The third-order valence-corrected chi connectivity index (χ3v) is 3.15. The number of hydrogen-bond acceptors (Lipinski definition) is 4. The molecule has 1 aromatic carbocycles. The van der Waals surface area contributed by atoms with Crippen LogP contribution in [0, 0.1) is 5.92 Å². The number of quaternary nitrogens is 1. The van der Waals surface area contributed by atoms with Gasteiger partial charge in [-0.15, -0.1) is 0 Å². The lowest BCUT2D eigenvalue weighted by Crippen LogP contribution is -3.12. The Morgan fingerprint density at radius 3 is 2.65 bits per heavy atom. The van der Waals surface area contributed by atoms with Crippen molar-refractivity contribution in [2.75, 3.05) is 26.3 Å². The van der Waals surface area contributed by atoms with Crippen molar-refractivity contribution < 1.29 is 24.3 Å². The summed E-state index contributed by atoms with van der Waals surface area (Å²) in [4.78, 5) is 11.8. The van der Waals surface area contributed by atoms with Crippen molar-refractivity contribution >= 4 is 5.97 Å². The molecule has 0 fully saturated rings. The van der Waals surface area contributed by atoms with Crippen LogP contribution in [-0.2, 0) is 11.3 Å². The van der Waals surface area contributed by atoms with Gasteiger partial charge in [-0.3, -0.25) is 0 Å². The van der Waals surface area contributed by atoms with E-state index in [1.165, 1.54) is 0 Å². The highest BCUT2D eigenvalue weighted by atomic mass is 16.6. The third kappa shape index (κ3) is 4.13. The van der Waals surface area contributed by atoms with E-state index in [4.69, 9.17) is 9.47 Å². The maximum atomic E-state index is 10.8. The number of ether oxygens (including phenoxy) is 2. The summed E-state index contributed by atoms with van der Waals surface area (Å²) >= 11 is 0. The Kier molecular flexibility index (Phi) is 4.84. The number of hydrogen-bond donors (Lipinski definition) is 1. The van der Waals surface area contributed by atoms with E-state index in [-0.39, 0.29) is 6.54 Å². The van der Waals surface area contributed by atoms with Crippen LogP contribution >= 0.6 is 0 Å². The Hall–Kier alpha value is -1.75. The smallest absolute Gasteiger partial charge is 0.161 e.